The number of carbonyl (C=O) groups is 2. The zero-order valence-corrected chi connectivity index (χ0v) is 17.9. The van der Waals surface area contributed by atoms with Crippen molar-refractivity contribution in [3.05, 3.63) is 105 Å². The van der Waals surface area contributed by atoms with Gasteiger partial charge in [0.25, 0.3) is 17.5 Å². The minimum Gasteiger partial charge on any atom is -0.350 e. The number of nitro benzene ring substituents is 1. The molecule has 0 saturated heterocycles. The molecule has 4 rings (SSSR count). The number of imide groups is 1. The normalized spacial score (nSPS) is 13.7. The molecular formula is C25H21N3O4. The maximum atomic E-state index is 13.6. The summed E-state index contributed by atoms with van der Waals surface area (Å²) in [5, 5.41) is 14.2. The third-order valence-corrected chi connectivity index (χ3v) is 5.67. The number of nitro groups is 1. The first-order chi connectivity index (χ1) is 15.3. The SMILES string of the molecule is Cc1ccccc1NC1=C(c2ccc([N+](=O)[O-])cc2)C(=O)N(c2cccc(C)c2C)C1=O. The van der Waals surface area contributed by atoms with Crippen molar-refractivity contribution < 1.29 is 14.5 Å². The quantitative estimate of drug-likeness (QED) is 0.355. The Hall–Kier alpha value is -4.26. The number of hydrogen-bond acceptors (Lipinski definition) is 5. The second kappa shape index (κ2) is 8.11. The number of non-ortho nitro benzene ring substituents is 1. The van der Waals surface area contributed by atoms with Crippen LogP contribution in [0.2, 0.25) is 0 Å². The molecule has 0 aliphatic carbocycles. The van der Waals surface area contributed by atoms with E-state index in [-0.39, 0.29) is 17.0 Å². The van der Waals surface area contributed by atoms with Crippen LogP contribution >= 0.6 is 0 Å². The van der Waals surface area contributed by atoms with E-state index < -0.39 is 16.7 Å². The Kier molecular flexibility index (Phi) is 5.32. The number of nitrogens with zero attached hydrogens (tertiary/aromatic N) is 2. The van der Waals surface area contributed by atoms with Gasteiger partial charge in [-0.1, -0.05) is 30.3 Å². The molecule has 160 valence electrons. The van der Waals surface area contributed by atoms with Gasteiger partial charge in [0, 0.05) is 17.8 Å². The first kappa shape index (κ1) is 21.0. The van der Waals surface area contributed by atoms with E-state index in [1.54, 1.807) is 12.1 Å². The monoisotopic (exact) mass is 427 g/mol. The number of hydrogen-bond donors (Lipinski definition) is 1. The second-order valence-corrected chi connectivity index (χ2v) is 7.66. The highest BCUT2D eigenvalue weighted by Crippen LogP contribution is 2.36. The Morgan fingerprint density at radius 2 is 1.47 bits per heavy atom. The van der Waals surface area contributed by atoms with Gasteiger partial charge in [0.1, 0.15) is 5.70 Å². The molecule has 1 aliphatic heterocycles. The van der Waals surface area contributed by atoms with Crippen LogP contribution in [-0.2, 0) is 9.59 Å². The summed E-state index contributed by atoms with van der Waals surface area (Å²) in [5.74, 6) is -0.950. The lowest BCUT2D eigenvalue weighted by molar-refractivity contribution is -0.384. The van der Waals surface area contributed by atoms with Crippen LogP contribution < -0.4 is 10.2 Å². The number of aryl methyl sites for hydroxylation is 2. The molecule has 0 unspecified atom stereocenters. The largest absolute Gasteiger partial charge is 0.350 e. The standard InChI is InChI=1S/C25H21N3O4/c1-15-8-6-10-21(17(15)3)27-24(29)22(18-11-13-19(14-12-18)28(31)32)23(25(27)30)26-20-9-5-4-7-16(20)2/h4-14,26H,1-3H3. The first-order valence-corrected chi connectivity index (χ1v) is 10.1. The van der Waals surface area contributed by atoms with E-state index in [2.05, 4.69) is 5.32 Å². The van der Waals surface area contributed by atoms with Gasteiger partial charge < -0.3 is 5.32 Å². The fourth-order valence-corrected chi connectivity index (χ4v) is 3.71. The van der Waals surface area contributed by atoms with Gasteiger partial charge in [-0.05, 0) is 67.3 Å². The highest BCUT2D eigenvalue weighted by molar-refractivity contribution is 6.46. The molecule has 0 aromatic heterocycles. The minimum absolute atomic E-state index is 0.0917. The Morgan fingerprint density at radius 1 is 0.812 bits per heavy atom. The van der Waals surface area contributed by atoms with E-state index in [1.807, 2.05) is 51.1 Å². The van der Waals surface area contributed by atoms with Crippen molar-refractivity contribution in [3.63, 3.8) is 0 Å². The molecule has 7 heteroatoms. The van der Waals surface area contributed by atoms with Crippen LogP contribution in [-0.4, -0.2) is 16.7 Å². The van der Waals surface area contributed by atoms with Crippen LogP contribution in [0.5, 0.6) is 0 Å². The smallest absolute Gasteiger partial charge is 0.282 e. The number of carbonyl (C=O) groups excluding carboxylic acids is 2. The average molecular weight is 427 g/mol. The lowest BCUT2D eigenvalue weighted by Gasteiger charge is -2.19. The van der Waals surface area contributed by atoms with Crippen LogP contribution in [0, 0.1) is 30.9 Å². The molecular weight excluding hydrogens is 406 g/mol. The molecule has 7 nitrogen and oxygen atoms in total. The van der Waals surface area contributed by atoms with Crippen LogP contribution in [0.3, 0.4) is 0 Å². The zero-order valence-electron chi connectivity index (χ0n) is 17.9. The highest BCUT2D eigenvalue weighted by atomic mass is 16.6. The van der Waals surface area contributed by atoms with E-state index in [9.17, 15) is 19.7 Å². The van der Waals surface area contributed by atoms with Gasteiger partial charge in [0.2, 0.25) is 0 Å². The average Bonchev–Trinajstić information content (AvgIpc) is 3.01. The molecule has 3 aromatic carbocycles. The van der Waals surface area contributed by atoms with Gasteiger partial charge in [0.05, 0.1) is 16.2 Å². The summed E-state index contributed by atoms with van der Waals surface area (Å²) in [5.41, 5.74) is 4.56. The summed E-state index contributed by atoms with van der Waals surface area (Å²) >= 11 is 0. The van der Waals surface area contributed by atoms with E-state index in [0.29, 0.717) is 16.9 Å². The summed E-state index contributed by atoms with van der Waals surface area (Å²) in [6, 6.07) is 18.5. The van der Waals surface area contributed by atoms with Crippen molar-refractivity contribution in [2.45, 2.75) is 20.8 Å². The van der Waals surface area contributed by atoms with Crippen LogP contribution in [0.15, 0.2) is 72.4 Å². The molecule has 2 amide bonds. The van der Waals surface area contributed by atoms with Gasteiger partial charge >= 0.3 is 0 Å². The summed E-state index contributed by atoms with van der Waals surface area (Å²) in [7, 11) is 0. The van der Waals surface area contributed by atoms with Gasteiger partial charge in [0.15, 0.2) is 0 Å². The molecule has 32 heavy (non-hydrogen) atoms. The molecule has 3 aromatic rings. The first-order valence-electron chi connectivity index (χ1n) is 10.1. The van der Waals surface area contributed by atoms with Gasteiger partial charge in [-0.2, -0.15) is 0 Å². The van der Waals surface area contributed by atoms with E-state index >= 15 is 0 Å². The van der Waals surface area contributed by atoms with Crippen LogP contribution in [0.4, 0.5) is 17.1 Å². The Morgan fingerprint density at radius 3 is 2.12 bits per heavy atom. The zero-order chi connectivity index (χ0) is 23.0. The number of amides is 2. The van der Waals surface area contributed by atoms with Gasteiger partial charge in [-0.3, -0.25) is 19.7 Å². The second-order valence-electron chi connectivity index (χ2n) is 7.66. The molecule has 0 saturated carbocycles. The van der Waals surface area contributed by atoms with Crippen molar-refractivity contribution in [2.24, 2.45) is 0 Å². The summed E-state index contributed by atoms with van der Waals surface area (Å²) in [4.78, 5) is 38.8. The van der Waals surface area contributed by atoms with Crippen molar-refractivity contribution in [1.82, 2.24) is 0 Å². The molecule has 1 heterocycles. The third kappa shape index (κ3) is 3.54. The molecule has 0 fully saturated rings. The van der Waals surface area contributed by atoms with Crippen molar-refractivity contribution >= 4 is 34.4 Å². The highest BCUT2D eigenvalue weighted by Gasteiger charge is 2.41. The lowest BCUT2D eigenvalue weighted by atomic mass is 10.0. The number of para-hydroxylation sites is 1. The predicted molar refractivity (Wildman–Crippen MR) is 123 cm³/mol. The number of anilines is 2. The molecule has 0 bridgehead atoms. The number of benzene rings is 3. The molecule has 1 aliphatic rings. The van der Waals surface area contributed by atoms with Crippen molar-refractivity contribution in [1.29, 1.82) is 0 Å². The van der Waals surface area contributed by atoms with Crippen LogP contribution in [0.25, 0.3) is 5.57 Å². The maximum Gasteiger partial charge on any atom is 0.282 e. The van der Waals surface area contributed by atoms with Crippen molar-refractivity contribution in [3.8, 4) is 0 Å². The van der Waals surface area contributed by atoms with E-state index in [4.69, 9.17) is 0 Å². The molecule has 0 spiro atoms. The Bertz CT molecular complexity index is 1290. The molecule has 0 radical (unpaired) electrons. The maximum absolute atomic E-state index is 13.6. The third-order valence-electron chi connectivity index (χ3n) is 5.67. The van der Waals surface area contributed by atoms with Crippen molar-refractivity contribution in [2.75, 3.05) is 10.2 Å². The number of rotatable bonds is 5. The van der Waals surface area contributed by atoms with Gasteiger partial charge in [-0.15, -0.1) is 0 Å². The minimum atomic E-state index is -0.505. The summed E-state index contributed by atoms with van der Waals surface area (Å²) in [6.45, 7) is 5.68. The van der Waals surface area contributed by atoms with E-state index in [1.165, 1.54) is 29.2 Å². The summed E-state index contributed by atoms with van der Waals surface area (Å²) < 4.78 is 0. The molecule has 1 N–H and O–H groups in total. The summed E-state index contributed by atoms with van der Waals surface area (Å²) in [6.07, 6.45) is 0. The topological polar surface area (TPSA) is 92.6 Å². The van der Waals surface area contributed by atoms with Gasteiger partial charge in [-0.25, -0.2) is 4.90 Å². The predicted octanol–water partition coefficient (Wildman–Crippen LogP) is 4.92. The Labute approximate surface area is 185 Å². The fourth-order valence-electron chi connectivity index (χ4n) is 3.71. The lowest BCUT2D eigenvalue weighted by Crippen LogP contribution is -2.33. The van der Waals surface area contributed by atoms with E-state index in [0.717, 1.165) is 16.7 Å². The fraction of sp³-hybridized carbons (Fsp3) is 0.120. The van der Waals surface area contributed by atoms with Crippen LogP contribution in [0.1, 0.15) is 22.3 Å². The Balaban J connectivity index is 1.86. The molecule has 0 atom stereocenters. The number of nitrogens with one attached hydrogen (secondary N) is 1.